The van der Waals surface area contributed by atoms with E-state index < -0.39 is 11.0 Å². The van der Waals surface area contributed by atoms with Crippen molar-refractivity contribution in [3.63, 3.8) is 0 Å². The van der Waals surface area contributed by atoms with Gasteiger partial charge in [0.25, 0.3) is 0 Å². The van der Waals surface area contributed by atoms with E-state index in [0.717, 1.165) is 19.4 Å². The zero-order valence-corrected chi connectivity index (χ0v) is 8.80. The van der Waals surface area contributed by atoms with Crippen LogP contribution in [0.1, 0.15) is 12.8 Å². The highest BCUT2D eigenvalue weighted by Gasteiger charge is 2.31. The van der Waals surface area contributed by atoms with Gasteiger partial charge in [0.2, 0.25) is 0 Å². The minimum atomic E-state index is -0.410. The van der Waals surface area contributed by atoms with E-state index in [-0.39, 0.29) is 5.69 Å². The molecule has 1 aromatic rings. The molecule has 0 bridgehead atoms. The molecule has 0 radical (unpaired) electrons. The highest BCUT2D eigenvalue weighted by atomic mass is 16.6. The predicted molar refractivity (Wildman–Crippen MR) is 57.1 cm³/mol. The van der Waals surface area contributed by atoms with Gasteiger partial charge < -0.3 is 5.11 Å². The molecule has 0 amide bonds. The Hall–Kier alpha value is -1.69. The number of pyridine rings is 1. The molecule has 2 heterocycles. The lowest BCUT2D eigenvalue weighted by Crippen LogP contribution is -2.41. The van der Waals surface area contributed by atoms with E-state index >= 15 is 0 Å². The lowest BCUT2D eigenvalue weighted by atomic mass is 10.1. The Morgan fingerprint density at radius 3 is 3.12 bits per heavy atom. The first-order valence-corrected chi connectivity index (χ1v) is 5.26. The van der Waals surface area contributed by atoms with Gasteiger partial charge in [0.15, 0.2) is 0 Å². The lowest BCUT2D eigenvalue weighted by Gasteiger charge is -2.24. The van der Waals surface area contributed by atoms with Crippen molar-refractivity contribution in [1.29, 1.82) is 0 Å². The van der Waals surface area contributed by atoms with Crippen LogP contribution in [0.4, 0.5) is 11.5 Å². The molecule has 1 aromatic heterocycles. The van der Waals surface area contributed by atoms with Crippen LogP contribution >= 0.6 is 0 Å². The van der Waals surface area contributed by atoms with Crippen molar-refractivity contribution in [2.75, 3.05) is 18.0 Å². The number of β-amino-alcohol motifs (C(OH)–C–C–N with tert-alkyl or cyclic N) is 1. The number of piperidine rings is 1. The standard InChI is InChI=1S/C10H13N3O3/c14-8-3-2-6-12(7-8)10-9(13(15)16)4-1-5-11-10/h1,4-5,8,14H,2-3,6-7H2/p+1/t8-/m1/s1. The first kappa shape index (κ1) is 10.8. The van der Waals surface area contributed by atoms with E-state index in [2.05, 4.69) is 4.98 Å². The highest BCUT2D eigenvalue weighted by Crippen LogP contribution is 2.24. The van der Waals surface area contributed by atoms with Gasteiger partial charge in [-0.3, -0.25) is 15.0 Å². The number of anilines is 1. The maximum Gasteiger partial charge on any atom is 0.357 e. The fourth-order valence-electron chi connectivity index (χ4n) is 1.98. The second-order valence-corrected chi connectivity index (χ2v) is 3.90. The predicted octanol–water partition coefficient (Wildman–Crippen LogP) is 0.370. The number of nitrogens with one attached hydrogen (secondary N) is 1. The van der Waals surface area contributed by atoms with Crippen LogP contribution in [0.5, 0.6) is 0 Å². The first-order chi connectivity index (χ1) is 7.68. The lowest BCUT2D eigenvalue weighted by molar-refractivity contribution is -0.411. The molecule has 1 aliphatic heterocycles. The minimum Gasteiger partial charge on any atom is -0.389 e. The molecule has 2 rings (SSSR count). The smallest absolute Gasteiger partial charge is 0.357 e. The Labute approximate surface area is 92.7 Å². The van der Waals surface area contributed by atoms with Crippen LogP contribution in [0, 0.1) is 10.1 Å². The van der Waals surface area contributed by atoms with Crippen molar-refractivity contribution in [1.82, 2.24) is 0 Å². The fraction of sp³-hybridized carbons (Fsp3) is 0.500. The van der Waals surface area contributed by atoms with Crippen LogP contribution in [0.2, 0.25) is 0 Å². The van der Waals surface area contributed by atoms with E-state index in [1.54, 1.807) is 12.3 Å². The molecular formula is C10H14N3O3+. The third-order valence-electron chi connectivity index (χ3n) is 2.72. The number of hydrogen-bond acceptors (Lipinski definition) is 4. The third-order valence-corrected chi connectivity index (χ3v) is 2.72. The van der Waals surface area contributed by atoms with Gasteiger partial charge in [0, 0.05) is 6.07 Å². The number of aromatic nitrogens is 1. The number of aliphatic hydroxyl groups excluding tert-OH is 1. The van der Waals surface area contributed by atoms with E-state index in [0.29, 0.717) is 12.4 Å². The second kappa shape index (κ2) is 4.44. The quantitative estimate of drug-likeness (QED) is 0.581. The molecule has 0 spiro atoms. The summed E-state index contributed by atoms with van der Waals surface area (Å²) < 4.78 is 0. The molecule has 0 aromatic carbocycles. The monoisotopic (exact) mass is 224 g/mol. The van der Waals surface area contributed by atoms with Gasteiger partial charge in [0.05, 0.1) is 23.8 Å². The zero-order valence-electron chi connectivity index (χ0n) is 8.80. The normalized spacial score (nSPS) is 20.8. The van der Waals surface area contributed by atoms with Gasteiger partial charge in [0.1, 0.15) is 6.54 Å². The van der Waals surface area contributed by atoms with Crippen LogP contribution < -0.4 is 9.88 Å². The molecule has 0 aliphatic carbocycles. The summed E-state index contributed by atoms with van der Waals surface area (Å²) in [5.41, 5.74) is 0.0524. The summed E-state index contributed by atoms with van der Waals surface area (Å²) in [5, 5.41) is 20.4. The molecule has 0 unspecified atom stereocenters. The van der Waals surface area contributed by atoms with Gasteiger partial charge >= 0.3 is 11.5 Å². The van der Waals surface area contributed by atoms with Crippen molar-refractivity contribution >= 4 is 11.5 Å². The Kier molecular flexibility index (Phi) is 3.00. The Balaban J connectivity index is 2.28. The van der Waals surface area contributed by atoms with Crippen molar-refractivity contribution < 1.29 is 15.0 Å². The summed E-state index contributed by atoms with van der Waals surface area (Å²) in [6, 6.07) is 3.06. The number of nitro groups is 1. The van der Waals surface area contributed by atoms with Gasteiger partial charge in [-0.15, -0.1) is 0 Å². The average Bonchev–Trinajstić information content (AvgIpc) is 2.29. The molecule has 1 aliphatic rings. The van der Waals surface area contributed by atoms with E-state index in [4.69, 9.17) is 0 Å². The molecule has 86 valence electrons. The zero-order chi connectivity index (χ0) is 11.5. The summed E-state index contributed by atoms with van der Waals surface area (Å²) in [5.74, 6) is 0.478. The van der Waals surface area contributed by atoms with Crippen LogP contribution in [0.3, 0.4) is 0 Å². The van der Waals surface area contributed by atoms with E-state index in [9.17, 15) is 15.2 Å². The van der Waals surface area contributed by atoms with Crippen LogP contribution in [-0.2, 0) is 0 Å². The molecule has 1 saturated heterocycles. The van der Waals surface area contributed by atoms with Crippen molar-refractivity contribution in [3.8, 4) is 0 Å². The number of rotatable bonds is 2. The van der Waals surface area contributed by atoms with Crippen molar-refractivity contribution in [2.24, 2.45) is 0 Å². The van der Waals surface area contributed by atoms with Crippen LogP contribution in [0.25, 0.3) is 0 Å². The maximum atomic E-state index is 10.8. The number of H-pyrrole nitrogens is 1. The molecule has 2 N–H and O–H groups in total. The first-order valence-electron chi connectivity index (χ1n) is 5.26. The van der Waals surface area contributed by atoms with Crippen LogP contribution in [0.15, 0.2) is 18.3 Å². The largest absolute Gasteiger partial charge is 0.389 e. The number of hydrogen-bond donors (Lipinski definition) is 1. The summed E-state index contributed by atoms with van der Waals surface area (Å²) in [6.07, 6.45) is 2.86. The average molecular weight is 224 g/mol. The van der Waals surface area contributed by atoms with Gasteiger partial charge in [-0.05, 0) is 18.9 Å². The SMILES string of the molecule is O=[N+]([O-])c1ccc[nH+]c1N1CCC[C@@H](O)C1. The third kappa shape index (κ3) is 2.11. The number of aliphatic hydroxyl groups is 1. The van der Waals surface area contributed by atoms with Gasteiger partial charge in [-0.2, -0.15) is 0 Å². The summed E-state index contributed by atoms with van der Waals surface area (Å²) in [7, 11) is 0. The van der Waals surface area contributed by atoms with E-state index in [1.165, 1.54) is 6.07 Å². The number of aromatic amines is 1. The minimum absolute atomic E-state index is 0.0524. The van der Waals surface area contributed by atoms with Gasteiger partial charge in [-0.1, -0.05) is 0 Å². The maximum absolute atomic E-state index is 10.8. The van der Waals surface area contributed by atoms with Crippen molar-refractivity contribution in [2.45, 2.75) is 18.9 Å². The number of nitrogens with zero attached hydrogens (tertiary/aromatic N) is 2. The molecule has 6 nitrogen and oxygen atoms in total. The molecule has 16 heavy (non-hydrogen) atoms. The summed E-state index contributed by atoms with van der Waals surface area (Å²) >= 11 is 0. The second-order valence-electron chi connectivity index (χ2n) is 3.90. The molecule has 6 heteroatoms. The van der Waals surface area contributed by atoms with E-state index in [1.807, 2.05) is 4.90 Å². The highest BCUT2D eigenvalue weighted by molar-refractivity contribution is 5.53. The summed E-state index contributed by atoms with van der Waals surface area (Å²) in [6.45, 7) is 1.18. The molecular weight excluding hydrogens is 210 g/mol. The Bertz CT molecular complexity index is 397. The molecule has 0 saturated carbocycles. The molecule has 1 fully saturated rings. The Morgan fingerprint density at radius 2 is 2.44 bits per heavy atom. The Morgan fingerprint density at radius 1 is 1.62 bits per heavy atom. The summed E-state index contributed by atoms with van der Waals surface area (Å²) in [4.78, 5) is 15.1. The fourth-order valence-corrected chi connectivity index (χ4v) is 1.98. The molecule has 1 atom stereocenters. The topological polar surface area (TPSA) is 80.8 Å². The van der Waals surface area contributed by atoms with Gasteiger partial charge in [-0.25, -0.2) is 4.98 Å². The van der Waals surface area contributed by atoms with Crippen molar-refractivity contribution in [3.05, 3.63) is 28.4 Å². The van der Waals surface area contributed by atoms with Crippen LogP contribution in [-0.4, -0.2) is 29.2 Å².